The van der Waals surface area contributed by atoms with Gasteiger partial charge in [0, 0.05) is 12.0 Å². The minimum Gasteiger partial charge on any atom is -0.369 e. The van der Waals surface area contributed by atoms with Gasteiger partial charge in [-0.25, -0.2) is 0 Å². The number of nitrogens with one attached hydrogen (secondary N) is 1. The second kappa shape index (κ2) is 5.60. The smallest absolute Gasteiger partial charge is 0.369 e. The van der Waals surface area contributed by atoms with E-state index in [9.17, 15) is 13.2 Å². The molecule has 0 amide bonds. The van der Waals surface area contributed by atoms with Gasteiger partial charge in [-0.2, -0.15) is 13.2 Å². The average molecular weight is 281 g/mol. The summed E-state index contributed by atoms with van der Waals surface area (Å²) in [6, 6.07) is -0.572. The first kappa shape index (κ1) is 16.8. The number of halogens is 3. The molecule has 2 atom stereocenters. The molecule has 0 aliphatic carbocycles. The number of alkyl halides is 3. The molecule has 0 saturated carbocycles. The number of ether oxygens (including phenoxy) is 1. The number of hydrogen-bond donors (Lipinski definition) is 1. The summed E-state index contributed by atoms with van der Waals surface area (Å²) in [5.41, 5.74) is -0.883. The van der Waals surface area contributed by atoms with Crippen LogP contribution in [0, 0.1) is 5.92 Å². The maximum absolute atomic E-state index is 12.8. The van der Waals surface area contributed by atoms with Crippen molar-refractivity contribution in [3.63, 3.8) is 0 Å². The maximum atomic E-state index is 12.8. The Hall–Kier alpha value is -0.290. The Morgan fingerprint density at radius 1 is 1.26 bits per heavy atom. The highest BCUT2D eigenvalue weighted by molar-refractivity contribution is 5.00. The summed E-state index contributed by atoms with van der Waals surface area (Å²) in [5, 5.41) is 3.06. The molecule has 0 aromatic heterocycles. The van der Waals surface area contributed by atoms with E-state index < -0.39 is 24.2 Å². The fourth-order valence-electron chi connectivity index (χ4n) is 3.17. The minimum absolute atomic E-state index is 0.129. The second-order valence-electron chi connectivity index (χ2n) is 6.66. The third-order valence-electron chi connectivity index (χ3n) is 3.74. The van der Waals surface area contributed by atoms with Gasteiger partial charge in [0.25, 0.3) is 0 Å². The van der Waals surface area contributed by atoms with E-state index in [1.54, 1.807) is 0 Å². The molecular weight excluding hydrogens is 255 g/mol. The summed E-state index contributed by atoms with van der Waals surface area (Å²) in [6.45, 7) is 10.2. The van der Waals surface area contributed by atoms with Crippen LogP contribution in [0.5, 0.6) is 0 Å². The van der Waals surface area contributed by atoms with E-state index in [-0.39, 0.29) is 11.5 Å². The SMILES string of the molecule is CCCNC(CC(F)(F)F)C1CC(C)(C)OC1(C)C. The summed E-state index contributed by atoms with van der Waals surface area (Å²) in [4.78, 5) is 0. The van der Waals surface area contributed by atoms with Gasteiger partial charge in [-0.05, 0) is 47.1 Å². The maximum Gasteiger partial charge on any atom is 0.390 e. The largest absolute Gasteiger partial charge is 0.390 e. The lowest BCUT2D eigenvalue weighted by atomic mass is 9.80. The van der Waals surface area contributed by atoms with Crippen LogP contribution in [0.25, 0.3) is 0 Å². The van der Waals surface area contributed by atoms with Crippen molar-refractivity contribution in [3.8, 4) is 0 Å². The van der Waals surface area contributed by atoms with Crippen molar-refractivity contribution in [2.75, 3.05) is 6.54 Å². The molecule has 2 unspecified atom stereocenters. The van der Waals surface area contributed by atoms with E-state index in [0.717, 1.165) is 6.42 Å². The van der Waals surface area contributed by atoms with Gasteiger partial charge in [-0.15, -0.1) is 0 Å². The van der Waals surface area contributed by atoms with Gasteiger partial charge in [-0.3, -0.25) is 0 Å². The third kappa shape index (κ3) is 4.95. The summed E-state index contributed by atoms with van der Waals surface area (Å²) in [7, 11) is 0. The molecule has 0 radical (unpaired) electrons. The topological polar surface area (TPSA) is 21.3 Å². The standard InChI is InChI=1S/C14H26F3NO/c1-6-7-18-11(9-14(15,16)17)10-8-12(2,3)19-13(10,4)5/h10-11,18H,6-9H2,1-5H3. The molecule has 1 rings (SSSR count). The highest BCUT2D eigenvalue weighted by atomic mass is 19.4. The molecule has 0 aromatic rings. The Balaban J connectivity index is 2.84. The van der Waals surface area contributed by atoms with Crippen molar-refractivity contribution < 1.29 is 17.9 Å². The molecule has 0 aromatic carbocycles. The molecule has 1 heterocycles. The first-order valence-corrected chi connectivity index (χ1v) is 6.97. The second-order valence-corrected chi connectivity index (χ2v) is 6.66. The van der Waals surface area contributed by atoms with Crippen molar-refractivity contribution >= 4 is 0 Å². The van der Waals surface area contributed by atoms with Crippen LogP contribution in [0.2, 0.25) is 0 Å². The van der Waals surface area contributed by atoms with Crippen LogP contribution in [-0.2, 0) is 4.74 Å². The van der Waals surface area contributed by atoms with Crippen LogP contribution in [-0.4, -0.2) is 30.0 Å². The molecule has 1 N–H and O–H groups in total. The van der Waals surface area contributed by atoms with E-state index in [1.807, 2.05) is 34.6 Å². The Bertz CT molecular complexity index is 300. The molecule has 5 heteroatoms. The Kier molecular flexibility index (Phi) is 4.94. The fourth-order valence-corrected chi connectivity index (χ4v) is 3.17. The number of hydrogen-bond acceptors (Lipinski definition) is 2. The minimum atomic E-state index is -4.14. The Morgan fingerprint density at radius 3 is 2.21 bits per heavy atom. The molecule has 0 bridgehead atoms. The first-order chi connectivity index (χ1) is 8.47. The van der Waals surface area contributed by atoms with Crippen LogP contribution in [0.1, 0.15) is 53.9 Å². The summed E-state index contributed by atoms with van der Waals surface area (Å²) in [6.07, 6.45) is -3.46. The van der Waals surface area contributed by atoms with Crippen molar-refractivity contribution in [2.45, 2.75) is 77.3 Å². The van der Waals surface area contributed by atoms with E-state index in [0.29, 0.717) is 13.0 Å². The number of rotatable bonds is 5. The quantitative estimate of drug-likeness (QED) is 0.825. The van der Waals surface area contributed by atoms with E-state index in [4.69, 9.17) is 4.74 Å². The lowest BCUT2D eigenvalue weighted by molar-refractivity contribution is -0.147. The zero-order valence-electron chi connectivity index (χ0n) is 12.5. The van der Waals surface area contributed by atoms with Crippen molar-refractivity contribution in [1.82, 2.24) is 5.32 Å². The monoisotopic (exact) mass is 281 g/mol. The molecule has 0 spiro atoms. The highest BCUT2D eigenvalue weighted by Crippen LogP contribution is 2.45. The van der Waals surface area contributed by atoms with Crippen LogP contribution in [0.3, 0.4) is 0 Å². The van der Waals surface area contributed by atoms with Gasteiger partial charge in [0.2, 0.25) is 0 Å². The lowest BCUT2D eigenvalue weighted by Crippen LogP contribution is -2.46. The normalized spacial score (nSPS) is 27.5. The predicted molar refractivity (Wildman–Crippen MR) is 70.1 cm³/mol. The van der Waals surface area contributed by atoms with Crippen LogP contribution < -0.4 is 5.32 Å². The fraction of sp³-hybridized carbons (Fsp3) is 1.00. The van der Waals surface area contributed by atoms with Crippen LogP contribution in [0.4, 0.5) is 13.2 Å². The van der Waals surface area contributed by atoms with Gasteiger partial charge in [-0.1, -0.05) is 6.92 Å². The molecule has 1 aliphatic rings. The molecule has 2 nitrogen and oxygen atoms in total. The highest BCUT2D eigenvalue weighted by Gasteiger charge is 2.50. The predicted octanol–water partition coefficient (Wildman–Crippen LogP) is 3.90. The van der Waals surface area contributed by atoms with E-state index in [2.05, 4.69) is 5.32 Å². The molecule has 19 heavy (non-hydrogen) atoms. The molecule has 1 aliphatic heterocycles. The summed E-state index contributed by atoms with van der Waals surface area (Å²) < 4.78 is 44.2. The molecule has 1 fully saturated rings. The van der Waals surface area contributed by atoms with Gasteiger partial charge in [0.05, 0.1) is 17.6 Å². The zero-order valence-corrected chi connectivity index (χ0v) is 12.5. The summed E-state index contributed by atoms with van der Waals surface area (Å²) in [5.74, 6) is -0.129. The van der Waals surface area contributed by atoms with Gasteiger partial charge in [0.15, 0.2) is 0 Å². The third-order valence-corrected chi connectivity index (χ3v) is 3.74. The Morgan fingerprint density at radius 2 is 1.84 bits per heavy atom. The van der Waals surface area contributed by atoms with Crippen molar-refractivity contribution in [1.29, 1.82) is 0 Å². The first-order valence-electron chi connectivity index (χ1n) is 6.97. The van der Waals surface area contributed by atoms with E-state index in [1.165, 1.54) is 0 Å². The molecule has 1 saturated heterocycles. The Labute approximate surface area is 114 Å². The molecule has 114 valence electrons. The van der Waals surface area contributed by atoms with Crippen LogP contribution >= 0.6 is 0 Å². The van der Waals surface area contributed by atoms with Crippen molar-refractivity contribution in [3.05, 3.63) is 0 Å². The van der Waals surface area contributed by atoms with Gasteiger partial charge >= 0.3 is 6.18 Å². The van der Waals surface area contributed by atoms with Gasteiger partial charge in [0.1, 0.15) is 0 Å². The van der Waals surface area contributed by atoms with E-state index >= 15 is 0 Å². The van der Waals surface area contributed by atoms with Crippen LogP contribution in [0.15, 0.2) is 0 Å². The molecular formula is C14H26F3NO. The summed E-state index contributed by atoms with van der Waals surface area (Å²) >= 11 is 0. The average Bonchev–Trinajstić information content (AvgIpc) is 2.39. The lowest BCUT2D eigenvalue weighted by Gasteiger charge is -2.34. The zero-order chi connectivity index (χ0) is 14.9. The van der Waals surface area contributed by atoms with Gasteiger partial charge < -0.3 is 10.1 Å². The van der Waals surface area contributed by atoms with Crippen molar-refractivity contribution in [2.24, 2.45) is 5.92 Å².